The zero-order chi connectivity index (χ0) is 24.3. The van der Waals surface area contributed by atoms with Crippen LogP contribution in [0.25, 0.3) is 0 Å². The summed E-state index contributed by atoms with van der Waals surface area (Å²) in [4.78, 5) is 69.4. The van der Waals surface area contributed by atoms with Crippen molar-refractivity contribution in [2.45, 2.75) is 57.3 Å². The minimum Gasteiger partial charge on any atom is -0.481 e. The Morgan fingerprint density at radius 3 is 1.74 bits per heavy atom. The number of hydrogen-bond acceptors (Lipinski definition) is 8. The minimum absolute atomic E-state index is 0.401. The maximum atomic E-state index is 12.5. The molecule has 0 bridgehead atoms. The van der Waals surface area contributed by atoms with Gasteiger partial charge in [-0.1, -0.05) is 13.8 Å². The summed E-state index contributed by atoms with van der Waals surface area (Å²) < 4.78 is 0. The van der Waals surface area contributed by atoms with Gasteiger partial charge in [0.25, 0.3) is 0 Å². The highest BCUT2D eigenvalue weighted by molar-refractivity contribution is 5.95. The van der Waals surface area contributed by atoms with Crippen LogP contribution in [-0.2, 0) is 28.8 Å². The zero-order valence-corrected chi connectivity index (χ0v) is 17.0. The van der Waals surface area contributed by atoms with Gasteiger partial charge in [0.2, 0.25) is 17.7 Å². The summed E-state index contributed by atoms with van der Waals surface area (Å²) in [6.07, 6.45) is -1.68. The summed E-state index contributed by atoms with van der Waals surface area (Å²) in [5.41, 5.74) is 5.37. The van der Waals surface area contributed by atoms with Gasteiger partial charge in [-0.25, -0.2) is 4.79 Å². The molecule has 0 radical (unpaired) electrons. The second kappa shape index (κ2) is 13.1. The van der Waals surface area contributed by atoms with E-state index in [-0.39, 0.29) is 0 Å². The fraction of sp³-hybridized carbons (Fsp3) is 0.647. The van der Waals surface area contributed by atoms with Gasteiger partial charge >= 0.3 is 17.9 Å². The Balaban J connectivity index is 5.33. The van der Waals surface area contributed by atoms with E-state index in [4.69, 9.17) is 15.9 Å². The van der Waals surface area contributed by atoms with Crippen LogP contribution in [-0.4, -0.2) is 86.8 Å². The lowest BCUT2D eigenvalue weighted by Crippen LogP contribution is -2.58. The molecule has 3 amide bonds. The zero-order valence-electron chi connectivity index (χ0n) is 17.0. The van der Waals surface area contributed by atoms with E-state index in [9.17, 15) is 39.0 Å². The first kappa shape index (κ1) is 27.7. The highest BCUT2D eigenvalue weighted by Gasteiger charge is 2.31. The number of carbonyl (C=O) groups is 6. The fourth-order valence-electron chi connectivity index (χ4n) is 2.33. The van der Waals surface area contributed by atoms with E-state index in [0.717, 1.165) is 0 Å². The normalized spacial score (nSPS) is 14.6. The second-order valence-corrected chi connectivity index (χ2v) is 7.01. The van der Waals surface area contributed by atoms with Gasteiger partial charge in [0, 0.05) is 6.42 Å². The summed E-state index contributed by atoms with van der Waals surface area (Å²) in [6.45, 7) is 2.12. The lowest BCUT2D eigenvalue weighted by molar-refractivity contribution is -0.144. The molecule has 0 saturated heterocycles. The fourth-order valence-corrected chi connectivity index (χ4v) is 2.33. The Bertz CT molecular complexity index is 696. The second-order valence-electron chi connectivity index (χ2n) is 7.01. The number of aliphatic hydroxyl groups excluding tert-OH is 1. The smallest absolute Gasteiger partial charge is 0.326 e. The minimum atomic E-state index is -1.62. The number of nitrogens with two attached hydrogens (primary N) is 1. The van der Waals surface area contributed by atoms with E-state index < -0.39 is 91.6 Å². The number of carbonyl (C=O) groups excluding carboxylic acids is 3. The van der Waals surface area contributed by atoms with E-state index in [2.05, 4.69) is 10.6 Å². The highest BCUT2D eigenvalue weighted by atomic mass is 16.4. The molecule has 0 aliphatic rings. The summed E-state index contributed by atoms with van der Waals surface area (Å²) in [5.74, 6) is -7.60. The molecule has 0 aromatic rings. The van der Waals surface area contributed by atoms with Crippen LogP contribution in [0.3, 0.4) is 0 Å². The topological polar surface area (TPSA) is 245 Å². The van der Waals surface area contributed by atoms with Crippen LogP contribution in [0.5, 0.6) is 0 Å². The van der Waals surface area contributed by atoms with Crippen molar-refractivity contribution in [3.8, 4) is 0 Å². The molecule has 14 heteroatoms. The van der Waals surface area contributed by atoms with E-state index in [1.807, 2.05) is 5.32 Å². The Labute approximate surface area is 177 Å². The summed E-state index contributed by atoms with van der Waals surface area (Å²) >= 11 is 0. The van der Waals surface area contributed by atoms with Crippen molar-refractivity contribution >= 4 is 35.6 Å². The van der Waals surface area contributed by atoms with Crippen molar-refractivity contribution in [1.29, 1.82) is 0 Å². The predicted octanol–water partition coefficient (Wildman–Crippen LogP) is -3.16. The maximum Gasteiger partial charge on any atom is 0.326 e. The molecule has 9 N–H and O–H groups in total. The molecule has 31 heavy (non-hydrogen) atoms. The molecule has 0 aromatic heterocycles. The van der Waals surface area contributed by atoms with Gasteiger partial charge in [0.05, 0.1) is 19.1 Å². The molecule has 0 aliphatic heterocycles. The maximum absolute atomic E-state index is 12.5. The quantitative estimate of drug-likeness (QED) is 0.132. The summed E-state index contributed by atoms with van der Waals surface area (Å²) in [5, 5.41) is 42.4. The molecule has 0 saturated carbocycles. The first-order chi connectivity index (χ1) is 14.3. The summed E-state index contributed by atoms with van der Waals surface area (Å²) in [6, 6.07) is -5.91. The molecule has 14 nitrogen and oxygen atoms in total. The average molecular weight is 448 g/mol. The molecule has 176 valence electrons. The Morgan fingerprint density at radius 1 is 0.806 bits per heavy atom. The van der Waals surface area contributed by atoms with E-state index in [1.54, 1.807) is 0 Å². The Morgan fingerprint density at radius 2 is 1.32 bits per heavy atom. The molecule has 4 atom stereocenters. The molecule has 0 heterocycles. The number of rotatable bonds is 14. The van der Waals surface area contributed by atoms with E-state index in [1.165, 1.54) is 13.8 Å². The van der Waals surface area contributed by atoms with Crippen molar-refractivity contribution in [2.24, 2.45) is 11.7 Å². The van der Waals surface area contributed by atoms with Crippen LogP contribution < -0.4 is 21.7 Å². The van der Waals surface area contributed by atoms with Crippen molar-refractivity contribution in [3.05, 3.63) is 0 Å². The van der Waals surface area contributed by atoms with Gasteiger partial charge < -0.3 is 42.1 Å². The van der Waals surface area contributed by atoms with E-state index >= 15 is 0 Å². The number of nitrogens with one attached hydrogen (secondary N) is 3. The molecule has 0 spiro atoms. The lowest BCUT2D eigenvalue weighted by Gasteiger charge is -2.25. The predicted molar refractivity (Wildman–Crippen MR) is 102 cm³/mol. The van der Waals surface area contributed by atoms with Gasteiger partial charge in [-0.3, -0.25) is 24.0 Å². The average Bonchev–Trinajstić information content (AvgIpc) is 2.65. The Kier molecular flexibility index (Phi) is 11.7. The molecular formula is C17H28N4O10. The van der Waals surface area contributed by atoms with Crippen LogP contribution in [0.4, 0.5) is 0 Å². The van der Waals surface area contributed by atoms with Crippen LogP contribution in [0, 0.1) is 5.92 Å². The van der Waals surface area contributed by atoms with Crippen molar-refractivity contribution in [1.82, 2.24) is 16.0 Å². The van der Waals surface area contributed by atoms with Crippen LogP contribution in [0.15, 0.2) is 0 Å². The van der Waals surface area contributed by atoms with Gasteiger partial charge in [0.15, 0.2) is 0 Å². The number of carboxylic acids is 3. The molecule has 0 rings (SSSR count). The molecule has 0 aliphatic carbocycles. The number of amides is 3. The SMILES string of the molecule is CC(C)C(NC(=O)C(CCC(=O)O)NC(=O)C(CO)NC(=O)C(N)CC(=O)O)C(=O)O. The van der Waals surface area contributed by atoms with Crippen molar-refractivity contribution < 1.29 is 49.2 Å². The van der Waals surface area contributed by atoms with Crippen LogP contribution in [0.2, 0.25) is 0 Å². The van der Waals surface area contributed by atoms with Crippen molar-refractivity contribution in [2.75, 3.05) is 6.61 Å². The number of aliphatic hydroxyl groups is 1. The van der Waals surface area contributed by atoms with Crippen molar-refractivity contribution in [3.63, 3.8) is 0 Å². The molecule has 4 unspecified atom stereocenters. The first-order valence-corrected chi connectivity index (χ1v) is 9.24. The molecule has 0 fully saturated rings. The summed E-state index contributed by atoms with van der Waals surface area (Å²) in [7, 11) is 0. The third-order valence-electron chi connectivity index (χ3n) is 4.06. The van der Waals surface area contributed by atoms with Gasteiger partial charge in [-0.05, 0) is 12.3 Å². The highest BCUT2D eigenvalue weighted by Crippen LogP contribution is 2.05. The monoisotopic (exact) mass is 448 g/mol. The standard InChI is InChI=1S/C17H28N4O10/c1-7(2)13(17(30)31)21-15(28)9(3-4-11(23)24)19-16(29)10(6-22)20-14(27)8(18)5-12(25)26/h7-10,13,22H,3-6,18H2,1-2H3,(H,19,29)(H,20,27)(H,21,28)(H,23,24)(H,25,26)(H,30,31). The van der Waals surface area contributed by atoms with Crippen LogP contribution >= 0.6 is 0 Å². The molecule has 0 aromatic carbocycles. The van der Waals surface area contributed by atoms with Gasteiger partial charge in [-0.15, -0.1) is 0 Å². The third kappa shape index (κ3) is 10.4. The lowest BCUT2D eigenvalue weighted by atomic mass is 10.0. The first-order valence-electron chi connectivity index (χ1n) is 9.24. The van der Waals surface area contributed by atoms with E-state index in [0.29, 0.717) is 0 Å². The Hall–Kier alpha value is -3.26. The van der Waals surface area contributed by atoms with Gasteiger partial charge in [-0.2, -0.15) is 0 Å². The number of carboxylic acid groups (broad SMARTS) is 3. The third-order valence-corrected chi connectivity index (χ3v) is 4.06. The number of aliphatic carboxylic acids is 3. The van der Waals surface area contributed by atoms with Gasteiger partial charge in [0.1, 0.15) is 18.1 Å². The van der Waals surface area contributed by atoms with Crippen LogP contribution in [0.1, 0.15) is 33.1 Å². The molecular weight excluding hydrogens is 420 g/mol. The number of hydrogen-bond donors (Lipinski definition) is 8. The largest absolute Gasteiger partial charge is 0.481 e.